The molecule has 21 heavy (non-hydrogen) atoms. The monoisotopic (exact) mass is 322 g/mol. The van der Waals surface area contributed by atoms with Crippen LogP contribution in [-0.2, 0) is 10.8 Å². The van der Waals surface area contributed by atoms with Gasteiger partial charge in [-0.15, -0.1) is 0 Å². The molecule has 0 aliphatic carbocycles. The molecule has 1 amide bonds. The van der Waals surface area contributed by atoms with Gasteiger partial charge in [-0.25, -0.2) is 4.98 Å². The summed E-state index contributed by atoms with van der Waals surface area (Å²) < 4.78 is 11.5. The summed E-state index contributed by atoms with van der Waals surface area (Å²) in [4.78, 5) is 16.2. The number of hydrogen-bond donors (Lipinski definition) is 1. The van der Waals surface area contributed by atoms with E-state index in [4.69, 9.17) is 11.6 Å². The molecule has 2 rings (SSSR count). The Hall–Kier alpha value is -1.72. The van der Waals surface area contributed by atoms with Crippen LogP contribution in [0.1, 0.15) is 22.0 Å². The smallest absolute Gasteiger partial charge is 0.254 e. The van der Waals surface area contributed by atoms with Gasteiger partial charge in [-0.3, -0.25) is 9.00 Å². The van der Waals surface area contributed by atoms with Gasteiger partial charge >= 0.3 is 0 Å². The molecule has 1 aromatic heterocycles. The highest BCUT2D eigenvalue weighted by Crippen LogP contribution is 2.17. The first-order valence-electron chi connectivity index (χ1n) is 6.34. The molecule has 0 aliphatic heterocycles. The molecule has 110 valence electrons. The second kappa shape index (κ2) is 7.33. The number of pyridine rings is 1. The molecular formula is C15H15ClN2O2S. The van der Waals surface area contributed by atoms with Crippen molar-refractivity contribution < 1.29 is 9.00 Å². The summed E-state index contributed by atoms with van der Waals surface area (Å²) in [7, 11) is -1.04. The van der Waals surface area contributed by atoms with Gasteiger partial charge in [-0.1, -0.05) is 41.9 Å². The molecule has 6 heteroatoms. The van der Waals surface area contributed by atoms with Crippen molar-refractivity contribution in [3.63, 3.8) is 0 Å². The molecule has 0 saturated carbocycles. The molecule has 2 aromatic rings. The van der Waals surface area contributed by atoms with Crippen molar-refractivity contribution in [1.29, 1.82) is 0 Å². The molecule has 0 radical (unpaired) electrons. The first-order chi connectivity index (χ1) is 10.1. The number of carbonyl (C=O) groups is 1. The fourth-order valence-electron chi connectivity index (χ4n) is 1.93. The number of carbonyl (C=O) groups excluding carboxylic acids is 1. The van der Waals surface area contributed by atoms with E-state index in [1.807, 2.05) is 30.3 Å². The van der Waals surface area contributed by atoms with Crippen molar-refractivity contribution in [3.05, 3.63) is 64.9 Å². The average Bonchev–Trinajstić information content (AvgIpc) is 2.47. The number of nitrogens with one attached hydrogen (secondary N) is 1. The lowest BCUT2D eigenvalue weighted by atomic mass is 10.1. The molecule has 0 spiro atoms. The molecule has 0 unspecified atom stereocenters. The minimum Gasteiger partial charge on any atom is -0.344 e. The van der Waals surface area contributed by atoms with Crippen molar-refractivity contribution >= 4 is 28.3 Å². The zero-order valence-corrected chi connectivity index (χ0v) is 13.0. The predicted molar refractivity (Wildman–Crippen MR) is 84.8 cm³/mol. The van der Waals surface area contributed by atoms with E-state index in [1.54, 1.807) is 18.4 Å². The number of aromatic nitrogens is 1. The minimum atomic E-state index is -1.04. The summed E-state index contributed by atoms with van der Waals surface area (Å²) in [5.41, 5.74) is 1.21. The van der Waals surface area contributed by atoms with Crippen LogP contribution in [-0.4, -0.2) is 27.1 Å². The van der Waals surface area contributed by atoms with Crippen LogP contribution < -0.4 is 5.32 Å². The Bertz CT molecular complexity index is 649. The SMILES string of the molecule is C[S@](=O)C[C@H](NC(=O)c1cccnc1Cl)c1ccccc1. The quantitative estimate of drug-likeness (QED) is 0.861. The largest absolute Gasteiger partial charge is 0.344 e. The Morgan fingerprint density at radius 3 is 2.62 bits per heavy atom. The average molecular weight is 323 g/mol. The highest BCUT2D eigenvalue weighted by atomic mass is 35.5. The standard InChI is InChI=1S/C15H15ClN2O2S/c1-21(20)10-13(11-6-3-2-4-7-11)18-15(19)12-8-5-9-17-14(12)16/h2-9,13H,10H2,1H3,(H,18,19)/t13-,21-/m0/s1. The summed E-state index contributed by atoms with van der Waals surface area (Å²) in [5, 5.41) is 3.02. The van der Waals surface area contributed by atoms with E-state index < -0.39 is 10.8 Å². The lowest BCUT2D eigenvalue weighted by molar-refractivity contribution is 0.0940. The summed E-state index contributed by atoms with van der Waals surface area (Å²) in [5.74, 6) is 0.0144. The number of amides is 1. The van der Waals surface area contributed by atoms with Crippen LogP contribution in [0.25, 0.3) is 0 Å². The van der Waals surface area contributed by atoms with Crippen LogP contribution in [0.2, 0.25) is 5.15 Å². The van der Waals surface area contributed by atoms with Crippen molar-refractivity contribution in [1.82, 2.24) is 10.3 Å². The van der Waals surface area contributed by atoms with Crippen LogP contribution in [0.4, 0.5) is 0 Å². The molecule has 4 nitrogen and oxygen atoms in total. The Morgan fingerprint density at radius 2 is 2.00 bits per heavy atom. The first kappa shape index (κ1) is 15.7. The molecule has 1 heterocycles. The van der Waals surface area contributed by atoms with Crippen LogP contribution in [0.5, 0.6) is 0 Å². The minimum absolute atomic E-state index is 0.152. The third-order valence-electron chi connectivity index (χ3n) is 2.91. The van der Waals surface area contributed by atoms with E-state index in [0.717, 1.165) is 5.56 Å². The van der Waals surface area contributed by atoms with Crippen molar-refractivity contribution in [2.45, 2.75) is 6.04 Å². The summed E-state index contributed by atoms with van der Waals surface area (Å²) in [6.07, 6.45) is 3.13. The Kier molecular flexibility index (Phi) is 5.47. The number of rotatable bonds is 5. The maximum absolute atomic E-state index is 12.3. The zero-order valence-electron chi connectivity index (χ0n) is 11.5. The first-order valence-corrected chi connectivity index (χ1v) is 8.45. The summed E-state index contributed by atoms with van der Waals surface area (Å²) >= 11 is 5.92. The van der Waals surface area contributed by atoms with E-state index >= 15 is 0 Å². The van der Waals surface area contributed by atoms with Crippen LogP contribution in [0, 0.1) is 0 Å². The summed E-state index contributed by atoms with van der Waals surface area (Å²) in [6.45, 7) is 0. The maximum Gasteiger partial charge on any atom is 0.254 e. The molecule has 1 N–H and O–H groups in total. The van der Waals surface area contributed by atoms with E-state index in [-0.39, 0.29) is 17.1 Å². The van der Waals surface area contributed by atoms with E-state index in [9.17, 15) is 9.00 Å². The lowest BCUT2D eigenvalue weighted by Crippen LogP contribution is -2.32. The van der Waals surface area contributed by atoms with Gasteiger partial charge in [0, 0.05) is 29.0 Å². The second-order valence-corrected chi connectivity index (χ2v) is 6.36. The topological polar surface area (TPSA) is 59.1 Å². The van der Waals surface area contributed by atoms with Crippen molar-refractivity contribution in [2.75, 3.05) is 12.0 Å². The fourth-order valence-corrected chi connectivity index (χ4v) is 2.88. The fraction of sp³-hybridized carbons (Fsp3) is 0.200. The van der Waals surface area contributed by atoms with Gasteiger partial charge in [0.05, 0.1) is 11.6 Å². The molecule has 0 aliphatic rings. The molecular weight excluding hydrogens is 308 g/mol. The van der Waals surface area contributed by atoms with Gasteiger partial charge in [0.25, 0.3) is 5.91 Å². The molecule has 0 saturated heterocycles. The zero-order chi connectivity index (χ0) is 15.2. The van der Waals surface area contributed by atoms with Gasteiger partial charge in [0.15, 0.2) is 0 Å². The number of nitrogens with zero attached hydrogens (tertiary/aromatic N) is 1. The Labute approximate surface area is 131 Å². The predicted octanol–water partition coefficient (Wildman–Crippen LogP) is 2.58. The number of hydrogen-bond acceptors (Lipinski definition) is 3. The third kappa shape index (κ3) is 4.37. The van der Waals surface area contributed by atoms with E-state index in [1.165, 1.54) is 6.20 Å². The van der Waals surface area contributed by atoms with Crippen molar-refractivity contribution in [3.8, 4) is 0 Å². The lowest BCUT2D eigenvalue weighted by Gasteiger charge is -2.18. The molecule has 1 aromatic carbocycles. The van der Waals surface area contributed by atoms with Gasteiger partial charge in [-0.2, -0.15) is 0 Å². The summed E-state index contributed by atoms with van der Waals surface area (Å²) in [6, 6.07) is 12.4. The van der Waals surface area contributed by atoms with Crippen LogP contribution in [0.15, 0.2) is 48.7 Å². The normalized spacial score (nSPS) is 13.4. The Balaban J connectivity index is 2.21. The van der Waals surface area contributed by atoms with Gasteiger partial charge < -0.3 is 5.32 Å². The third-order valence-corrected chi connectivity index (χ3v) is 4.02. The number of benzene rings is 1. The molecule has 0 bridgehead atoms. The van der Waals surface area contributed by atoms with Crippen LogP contribution >= 0.6 is 11.6 Å². The molecule has 0 fully saturated rings. The van der Waals surface area contributed by atoms with E-state index in [0.29, 0.717) is 11.3 Å². The van der Waals surface area contributed by atoms with Gasteiger partial charge in [-0.05, 0) is 17.7 Å². The second-order valence-electron chi connectivity index (χ2n) is 4.52. The maximum atomic E-state index is 12.3. The molecule has 2 atom stereocenters. The van der Waals surface area contributed by atoms with Gasteiger partial charge in [0.1, 0.15) is 5.15 Å². The highest BCUT2D eigenvalue weighted by Gasteiger charge is 2.18. The van der Waals surface area contributed by atoms with Crippen LogP contribution in [0.3, 0.4) is 0 Å². The highest BCUT2D eigenvalue weighted by molar-refractivity contribution is 7.84. The van der Waals surface area contributed by atoms with Crippen molar-refractivity contribution in [2.24, 2.45) is 0 Å². The van der Waals surface area contributed by atoms with E-state index in [2.05, 4.69) is 10.3 Å². The van der Waals surface area contributed by atoms with Gasteiger partial charge in [0.2, 0.25) is 0 Å². The number of halogens is 1. The Morgan fingerprint density at radius 1 is 1.29 bits per heavy atom.